The van der Waals surface area contributed by atoms with Crippen LogP contribution < -0.4 is 11.3 Å². The first-order valence-corrected chi connectivity index (χ1v) is 6.14. The number of nitrogens with two attached hydrogens (primary N) is 1. The summed E-state index contributed by atoms with van der Waals surface area (Å²) in [6.07, 6.45) is 0.971. The normalized spacial score (nSPS) is 13.2. The topological polar surface area (TPSA) is 38.0 Å². The SMILES string of the molecule is CC(C)C(Cc1ccc2ccccc2c1)NN. The number of hydrogen-bond donors (Lipinski definition) is 2. The molecule has 2 heteroatoms. The molecule has 0 aromatic heterocycles. The summed E-state index contributed by atoms with van der Waals surface area (Å²) in [4.78, 5) is 0. The van der Waals surface area contributed by atoms with Gasteiger partial charge in [-0.1, -0.05) is 56.3 Å². The smallest absolute Gasteiger partial charge is 0.0273 e. The Labute approximate surface area is 103 Å². The number of nitrogens with one attached hydrogen (secondary N) is 1. The maximum absolute atomic E-state index is 5.58. The standard InChI is InChI=1S/C15H20N2/c1-11(2)15(17-16)10-12-7-8-13-5-3-4-6-14(13)9-12/h3-9,11,15,17H,10,16H2,1-2H3. The van der Waals surface area contributed by atoms with Crippen molar-refractivity contribution in [2.45, 2.75) is 26.3 Å². The van der Waals surface area contributed by atoms with Crippen molar-refractivity contribution in [2.75, 3.05) is 0 Å². The summed E-state index contributed by atoms with van der Waals surface area (Å²) in [5.74, 6) is 6.12. The third-order valence-electron chi connectivity index (χ3n) is 3.29. The van der Waals surface area contributed by atoms with Crippen molar-refractivity contribution in [1.29, 1.82) is 0 Å². The van der Waals surface area contributed by atoms with Crippen molar-refractivity contribution in [2.24, 2.45) is 11.8 Å². The van der Waals surface area contributed by atoms with E-state index < -0.39 is 0 Å². The van der Waals surface area contributed by atoms with Gasteiger partial charge >= 0.3 is 0 Å². The quantitative estimate of drug-likeness (QED) is 0.624. The van der Waals surface area contributed by atoms with Crippen LogP contribution in [0.1, 0.15) is 19.4 Å². The Morgan fingerprint density at radius 2 is 1.76 bits per heavy atom. The Morgan fingerprint density at radius 3 is 2.41 bits per heavy atom. The minimum Gasteiger partial charge on any atom is -0.271 e. The zero-order valence-electron chi connectivity index (χ0n) is 10.5. The highest BCUT2D eigenvalue weighted by atomic mass is 15.2. The molecule has 0 aliphatic carbocycles. The van der Waals surface area contributed by atoms with Gasteiger partial charge in [0.15, 0.2) is 0 Å². The highest BCUT2D eigenvalue weighted by Crippen LogP contribution is 2.17. The summed E-state index contributed by atoms with van der Waals surface area (Å²) in [5.41, 5.74) is 4.23. The fraction of sp³-hybridized carbons (Fsp3) is 0.333. The molecule has 0 heterocycles. The van der Waals surface area contributed by atoms with Crippen LogP contribution in [0.2, 0.25) is 0 Å². The summed E-state index contributed by atoms with van der Waals surface area (Å²) < 4.78 is 0. The zero-order chi connectivity index (χ0) is 12.3. The molecule has 0 aliphatic heterocycles. The van der Waals surface area contributed by atoms with Gasteiger partial charge in [0.05, 0.1) is 0 Å². The molecule has 2 rings (SSSR count). The monoisotopic (exact) mass is 228 g/mol. The number of benzene rings is 2. The van der Waals surface area contributed by atoms with Crippen LogP contribution >= 0.6 is 0 Å². The van der Waals surface area contributed by atoms with Gasteiger partial charge in [-0.2, -0.15) is 0 Å². The molecule has 0 spiro atoms. The van der Waals surface area contributed by atoms with Crippen LogP contribution in [0.5, 0.6) is 0 Å². The second-order valence-electron chi connectivity index (χ2n) is 4.90. The van der Waals surface area contributed by atoms with Gasteiger partial charge in [0.25, 0.3) is 0 Å². The molecule has 0 radical (unpaired) electrons. The van der Waals surface area contributed by atoms with Crippen molar-refractivity contribution in [3.8, 4) is 0 Å². The maximum atomic E-state index is 5.58. The number of fused-ring (bicyclic) bond motifs is 1. The Morgan fingerprint density at radius 1 is 1.06 bits per heavy atom. The third-order valence-corrected chi connectivity index (χ3v) is 3.29. The van der Waals surface area contributed by atoms with E-state index in [9.17, 15) is 0 Å². The van der Waals surface area contributed by atoms with Gasteiger partial charge in [0.1, 0.15) is 0 Å². The predicted octanol–water partition coefficient (Wildman–Crippen LogP) is 2.87. The van der Waals surface area contributed by atoms with Gasteiger partial charge < -0.3 is 0 Å². The van der Waals surface area contributed by atoms with E-state index >= 15 is 0 Å². The number of rotatable bonds is 4. The van der Waals surface area contributed by atoms with E-state index in [2.05, 4.69) is 61.7 Å². The van der Waals surface area contributed by atoms with E-state index in [0.717, 1.165) is 6.42 Å². The zero-order valence-corrected chi connectivity index (χ0v) is 10.5. The fourth-order valence-electron chi connectivity index (χ4n) is 2.11. The summed E-state index contributed by atoms with van der Waals surface area (Å²) in [6, 6.07) is 15.4. The van der Waals surface area contributed by atoms with E-state index in [1.54, 1.807) is 0 Å². The van der Waals surface area contributed by atoms with E-state index in [0.29, 0.717) is 12.0 Å². The maximum Gasteiger partial charge on any atom is 0.0273 e. The molecule has 90 valence electrons. The Kier molecular flexibility index (Phi) is 3.77. The minimum absolute atomic E-state index is 0.330. The van der Waals surface area contributed by atoms with E-state index in [1.165, 1.54) is 16.3 Å². The first-order valence-electron chi connectivity index (χ1n) is 6.14. The van der Waals surface area contributed by atoms with Gasteiger partial charge in [0, 0.05) is 6.04 Å². The molecule has 2 nitrogen and oxygen atoms in total. The Hall–Kier alpha value is -1.38. The predicted molar refractivity (Wildman–Crippen MR) is 73.6 cm³/mol. The molecular formula is C15H20N2. The summed E-state index contributed by atoms with van der Waals surface area (Å²) in [7, 11) is 0. The van der Waals surface area contributed by atoms with Gasteiger partial charge in [-0.05, 0) is 28.7 Å². The van der Waals surface area contributed by atoms with Crippen molar-refractivity contribution in [3.05, 3.63) is 48.0 Å². The molecule has 17 heavy (non-hydrogen) atoms. The van der Waals surface area contributed by atoms with Gasteiger partial charge in [-0.15, -0.1) is 0 Å². The van der Waals surface area contributed by atoms with Gasteiger partial charge in [-0.25, -0.2) is 0 Å². The second-order valence-corrected chi connectivity index (χ2v) is 4.90. The first kappa shape index (κ1) is 12.1. The molecule has 0 aliphatic rings. The number of hydrogen-bond acceptors (Lipinski definition) is 2. The van der Waals surface area contributed by atoms with Crippen molar-refractivity contribution < 1.29 is 0 Å². The summed E-state index contributed by atoms with van der Waals surface area (Å²) >= 11 is 0. The van der Waals surface area contributed by atoms with E-state index in [-0.39, 0.29) is 0 Å². The van der Waals surface area contributed by atoms with E-state index in [1.807, 2.05) is 0 Å². The van der Waals surface area contributed by atoms with Crippen molar-refractivity contribution in [1.82, 2.24) is 5.43 Å². The number of hydrazine groups is 1. The molecule has 0 saturated carbocycles. The lowest BCUT2D eigenvalue weighted by atomic mass is 9.95. The molecule has 0 fully saturated rings. The van der Waals surface area contributed by atoms with Crippen LogP contribution in [0.4, 0.5) is 0 Å². The lowest BCUT2D eigenvalue weighted by Crippen LogP contribution is -2.40. The Balaban J connectivity index is 2.24. The fourth-order valence-corrected chi connectivity index (χ4v) is 2.11. The van der Waals surface area contributed by atoms with Gasteiger partial charge in [-0.3, -0.25) is 11.3 Å². The molecule has 2 aromatic carbocycles. The van der Waals surface area contributed by atoms with Gasteiger partial charge in [0.2, 0.25) is 0 Å². The first-order chi connectivity index (χ1) is 8.20. The van der Waals surface area contributed by atoms with Crippen LogP contribution in [-0.2, 0) is 6.42 Å². The largest absolute Gasteiger partial charge is 0.271 e. The average Bonchev–Trinajstić information content (AvgIpc) is 2.35. The van der Waals surface area contributed by atoms with Crippen LogP contribution in [0.25, 0.3) is 10.8 Å². The average molecular weight is 228 g/mol. The van der Waals surface area contributed by atoms with Crippen LogP contribution in [0, 0.1) is 5.92 Å². The third kappa shape index (κ3) is 2.84. The Bertz CT molecular complexity index is 491. The summed E-state index contributed by atoms with van der Waals surface area (Å²) in [5, 5.41) is 2.59. The van der Waals surface area contributed by atoms with Crippen LogP contribution in [0.3, 0.4) is 0 Å². The minimum atomic E-state index is 0.330. The molecule has 1 unspecified atom stereocenters. The van der Waals surface area contributed by atoms with Crippen LogP contribution in [-0.4, -0.2) is 6.04 Å². The molecule has 0 amide bonds. The molecule has 1 atom stereocenters. The molecule has 0 saturated heterocycles. The molecule has 2 aromatic rings. The molecular weight excluding hydrogens is 208 g/mol. The lowest BCUT2D eigenvalue weighted by Gasteiger charge is -2.19. The van der Waals surface area contributed by atoms with Crippen LogP contribution in [0.15, 0.2) is 42.5 Å². The highest BCUT2D eigenvalue weighted by Gasteiger charge is 2.11. The lowest BCUT2D eigenvalue weighted by molar-refractivity contribution is 0.404. The second kappa shape index (κ2) is 5.30. The summed E-state index contributed by atoms with van der Waals surface area (Å²) in [6.45, 7) is 4.37. The molecule has 3 N–H and O–H groups in total. The molecule has 0 bridgehead atoms. The highest BCUT2D eigenvalue weighted by molar-refractivity contribution is 5.82. The van der Waals surface area contributed by atoms with Crippen molar-refractivity contribution in [3.63, 3.8) is 0 Å². The van der Waals surface area contributed by atoms with Crippen molar-refractivity contribution >= 4 is 10.8 Å². The van der Waals surface area contributed by atoms with E-state index in [4.69, 9.17) is 5.84 Å².